The fraction of sp³-hybridized carbons (Fsp3) is 0.267. The maximum Gasteiger partial charge on any atom is 0.320 e. The third kappa shape index (κ3) is 3.89. The summed E-state index contributed by atoms with van der Waals surface area (Å²) in [7, 11) is 0. The van der Waals surface area contributed by atoms with Crippen LogP contribution >= 0.6 is 15.9 Å². The second kappa shape index (κ2) is 6.82. The van der Waals surface area contributed by atoms with Gasteiger partial charge in [0.25, 0.3) is 0 Å². The standard InChI is InChI=1S/C15H17BrN6O/c1-2-21-8-12(18-10-21)5-6-17-15(23)20-13-9-22-7-11(16)3-4-14(22)19-13/h3-4,7-10H,2,5-6H2,1H3,(H2,17,20,23). The average molecular weight is 377 g/mol. The molecule has 7 nitrogen and oxygen atoms in total. The van der Waals surface area contributed by atoms with Crippen LogP contribution in [0.2, 0.25) is 0 Å². The highest BCUT2D eigenvalue weighted by molar-refractivity contribution is 9.10. The topological polar surface area (TPSA) is 76.2 Å². The summed E-state index contributed by atoms with van der Waals surface area (Å²) in [4.78, 5) is 20.5. The molecule has 0 saturated heterocycles. The molecule has 0 unspecified atom stereocenters. The molecule has 3 aromatic rings. The summed E-state index contributed by atoms with van der Waals surface area (Å²) < 4.78 is 4.80. The van der Waals surface area contributed by atoms with Crippen molar-refractivity contribution in [3.8, 4) is 0 Å². The van der Waals surface area contributed by atoms with Crippen molar-refractivity contribution in [2.75, 3.05) is 11.9 Å². The molecule has 2 amide bonds. The van der Waals surface area contributed by atoms with Crippen LogP contribution in [0.1, 0.15) is 12.6 Å². The first-order chi connectivity index (χ1) is 11.1. The van der Waals surface area contributed by atoms with Crippen LogP contribution in [-0.2, 0) is 13.0 Å². The number of fused-ring (bicyclic) bond motifs is 1. The summed E-state index contributed by atoms with van der Waals surface area (Å²) in [6, 6.07) is 3.50. The van der Waals surface area contributed by atoms with Crippen molar-refractivity contribution in [3.05, 3.63) is 47.2 Å². The Morgan fingerprint density at radius 3 is 2.96 bits per heavy atom. The van der Waals surface area contributed by atoms with Crippen molar-refractivity contribution in [2.24, 2.45) is 0 Å². The van der Waals surface area contributed by atoms with Crippen LogP contribution < -0.4 is 10.6 Å². The van der Waals surface area contributed by atoms with E-state index in [9.17, 15) is 4.79 Å². The lowest BCUT2D eigenvalue weighted by atomic mass is 10.3. The predicted octanol–water partition coefficient (Wildman–Crippen LogP) is 2.68. The maximum absolute atomic E-state index is 11.9. The molecular formula is C15H17BrN6O. The number of pyridine rings is 1. The molecule has 0 aliphatic rings. The largest absolute Gasteiger partial charge is 0.337 e. The number of carbonyl (C=O) groups is 1. The van der Waals surface area contributed by atoms with Crippen molar-refractivity contribution in [1.29, 1.82) is 0 Å². The Hall–Kier alpha value is -2.35. The summed E-state index contributed by atoms with van der Waals surface area (Å²) in [6.07, 6.45) is 8.13. The summed E-state index contributed by atoms with van der Waals surface area (Å²) in [5.41, 5.74) is 1.73. The van der Waals surface area contributed by atoms with Gasteiger partial charge in [0, 0.05) is 36.4 Å². The van der Waals surface area contributed by atoms with Gasteiger partial charge in [-0.05, 0) is 35.0 Å². The van der Waals surface area contributed by atoms with Crippen molar-refractivity contribution in [2.45, 2.75) is 19.9 Å². The molecular weight excluding hydrogens is 360 g/mol. The number of hydrogen-bond acceptors (Lipinski definition) is 3. The van der Waals surface area contributed by atoms with Gasteiger partial charge in [-0.3, -0.25) is 5.32 Å². The van der Waals surface area contributed by atoms with Gasteiger partial charge < -0.3 is 14.3 Å². The fourth-order valence-corrected chi connectivity index (χ4v) is 2.55. The molecule has 2 N–H and O–H groups in total. The minimum atomic E-state index is -0.276. The van der Waals surface area contributed by atoms with E-state index in [1.54, 1.807) is 12.5 Å². The number of aryl methyl sites for hydroxylation is 1. The van der Waals surface area contributed by atoms with Gasteiger partial charge in [-0.15, -0.1) is 0 Å². The summed E-state index contributed by atoms with van der Waals surface area (Å²) >= 11 is 3.40. The zero-order chi connectivity index (χ0) is 16.2. The minimum Gasteiger partial charge on any atom is -0.337 e. The second-order valence-electron chi connectivity index (χ2n) is 5.07. The third-order valence-corrected chi connectivity index (χ3v) is 3.84. The highest BCUT2D eigenvalue weighted by Gasteiger charge is 2.06. The van der Waals surface area contributed by atoms with E-state index >= 15 is 0 Å². The van der Waals surface area contributed by atoms with Gasteiger partial charge in [-0.2, -0.15) is 0 Å². The lowest BCUT2D eigenvalue weighted by Gasteiger charge is -2.04. The van der Waals surface area contributed by atoms with Crippen LogP contribution in [0, 0.1) is 0 Å². The van der Waals surface area contributed by atoms with E-state index in [4.69, 9.17) is 0 Å². The molecule has 0 aromatic carbocycles. The average Bonchev–Trinajstić information content (AvgIpc) is 3.12. The summed E-state index contributed by atoms with van der Waals surface area (Å²) in [5.74, 6) is 0.510. The molecule has 0 radical (unpaired) electrons. The molecule has 8 heteroatoms. The molecule has 0 aliphatic carbocycles. The molecule has 0 fully saturated rings. The zero-order valence-corrected chi connectivity index (χ0v) is 14.2. The second-order valence-corrected chi connectivity index (χ2v) is 5.98. The number of anilines is 1. The zero-order valence-electron chi connectivity index (χ0n) is 12.7. The molecule has 0 spiro atoms. The van der Waals surface area contributed by atoms with Crippen molar-refractivity contribution < 1.29 is 4.79 Å². The lowest BCUT2D eigenvalue weighted by molar-refractivity contribution is 0.252. The number of rotatable bonds is 5. The SMILES string of the molecule is CCn1cnc(CCNC(=O)Nc2cn3cc(Br)ccc3n2)c1. The van der Waals surface area contributed by atoms with E-state index in [0.717, 1.165) is 22.4 Å². The monoisotopic (exact) mass is 376 g/mol. The lowest BCUT2D eigenvalue weighted by Crippen LogP contribution is -2.30. The number of amides is 2. The number of nitrogens with zero attached hydrogens (tertiary/aromatic N) is 4. The molecule has 0 bridgehead atoms. The summed E-state index contributed by atoms with van der Waals surface area (Å²) in [5, 5.41) is 5.54. The van der Waals surface area contributed by atoms with Crippen molar-refractivity contribution >= 4 is 33.4 Å². The Bertz CT molecular complexity index is 824. The predicted molar refractivity (Wildman–Crippen MR) is 91.5 cm³/mol. The van der Waals surface area contributed by atoms with Gasteiger partial charge in [0.2, 0.25) is 0 Å². The van der Waals surface area contributed by atoms with Gasteiger partial charge in [-0.25, -0.2) is 14.8 Å². The van der Waals surface area contributed by atoms with E-state index < -0.39 is 0 Å². The maximum atomic E-state index is 11.9. The van der Waals surface area contributed by atoms with E-state index in [1.165, 1.54) is 0 Å². The van der Waals surface area contributed by atoms with Gasteiger partial charge >= 0.3 is 6.03 Å². The van der Waals surface area contributed by atoms with Gasteiger partial charge in [0.15, 0.2) is 5.82 Å². The first-order valence-corrected chi connectivity index (χ1v) is 8.13. The van der Waals surface area contributed by atoms with Gasteiger partial charge in [0.05, 0.1) is 18.2 Å². The highest BCUT2D eigenvalue weighted by atomic mass is 79.9. The number of carbonyl (C=O) groups excluding carboxylic acids is 1. The van der Waals surface area contributed by atoms with Crippen LogP contribution in [0.3, 0.4) is 0 Å². The molecule has 3 heterocycles. The Balaban J connectivity index is 1.51. The first kappa shape index (κ1) is 15.5. The molecule has 0 atom stereocenters. The van der Waals surface area contributed by atoms with E-state index in [2.05, 4.69) is 43.5 Å². The van der Waals surface area contributed by atoms with Crippen LogP contribution in [0.5, 0.6) is 0 Å². The van der Waals surface area contributed by atoms with Crippen LogP contribution in [0.4, 0.5) is 10.6 Å². The molecule has 3 aromatic heterocycles. The number of halogens is 1. The molecule has 0 saturated carbocycles. The number of nitrogens with one attached hydrogen (secondary N) is 2. The number of imidazole rings is 2. The first-order valence-electron chi connectivity index (χ1n) is 7.34. The number of hydrogen-bond donors (Lipinski definition) is 2. The Morgan fingerprint density at radius 1 is 1.30 bits per heavy atom. The Morgan fingerprint density at radius 2 is 2.17 bits per heavy atom. The van der Waals surface area contributed by atoms with Crippen molar-refractivity contribution in [1.82, 2.24) is 24.3 Å². The molecule has 3 rings (SSSR count). The summed E-state index contributed by atoms with van der Waals surface area (Å²) in [6.45, 7) is 3.47. The fourth-order valence-electron chi connectivity index (χ4n) is 2.20. The number of urea groups is 1. The molecule has 120 valence electrons. The van der Waals surface area contributed by atoms with Crippen LogP contribution in [0.15, 0.2) is 41.5 Å². The van der Waals surface area contributed by atoms with E-state index in [-0.39, 0.29) is 6.03 Å². The van der Waals surface area contributed by atoms with Crippen LogP contribution in [0.25, 0.3) is 5.65 Å². The minimum absolute atomic E-state index is 0.276. The Labute approximate surface area is 141 Å². The normalized spacial score (nSPS) is 10.9. The quantitative estimate of drug-likeness (QED) is 0.718. The van der Waals surface area contributed by atoms with Gasteiger partial charge in [0.1, 0.15) is 5.65 Å². The third-order valence-electron chi connectivity index (χ3n) is 3.38. The van der Waals surface area contributed by atoms with E-state index in [0.29, 0.717) is 18.8 Å². The van der Waals surface area contributed by atoms with Gasteiger partial charge in [-0.1, -0.05) is 0 Å². The number of aromatic nitrogens is 4. The highest BCUT2D eigenvalue weighted by Crippen LogP contribution is 2.14. The van der Waals surface area contributed by atoms with Crippen LogP contribution in [-0.4, -0.2) is 31.5 Å². The van der Waals surface area contributed by atoms with E-state index in [1.807, 2.05) is 33.5 Å². The molecule has 23 heavy (non-hydrogen) atoms. The van der Waals surface area contributed by atoms with Crippen molar-refractivity contribution in [3.63, 3.8) is 0 Å². The molecule has 0 aliphatic heterocycles. The smallest absolute Gasteiger partial charge is 0.320 e. The Kier molecular flexibility index (Phi) is 4.61.